The fourth-order valence-electron chi connectivity index (χ4n) is 3.84. The SMILES string of the molecule is COc1cc(C)c(S(=O)(=O)N(C)COCC(=O)N2CCN(CCCN(C)C)CC2)c(C)c1. The van der Waals surface area contributed by atoms with E-state index in [1.165, 1.54) is 7.05 Å². The highest BCUT2D eigenvalue weighted by atomic mass is 32.2. The second-order valence-electron chi connectivity index (χ2n) is 8.55. The van der Waals surface area contributed by atoms with Crippen LogP contribution in [0.1, 0.15) is 17.5 Å². The zero-order valence-corrected chi connectivity index (χ0v) is 21.1. The summed E-state index contributed by atoms with van der Waals surface area (Å²) in [7, 11) is 3.38. The van der Waals surface area contributed by atoms with E-state index in [0.717, 1.165) is 36.9 Å². The quantitative estimate of drug-likeness (QED) is 0.446. The summed E-state index contributed by atoms with van der Waals surface area (Å²) in [5, 5.41) is 0. The fraction of sp³-hybridized carbons (Fsp3) is 0.682. The zero-order chi connectivity index (χ0) is 23.9. The van der Waals surface area contributed by atoms with Crippen molar-refractivity contribution in [2.75, 3.05) is 80.9 Å². The first-order valence-corrected chi connectivity index (χ1v) is 12.3. The van der Waals surface area contributed by atoms with Crippen LogP contribution in [0.25, 0.3) is 0 Å². The number of aryl methyl sites for hydroxylation is 2. The average Bonchev–Trinajstić information content (AvgIpc) is 2.72. The number of piperazine rings is 1. The van der Waals surface area contributed by atoms with Gasteiger partial charge >= 0.3 is 0 Å². The van der Waals surface area contributed by atoms with E-state index < -0.39 is 10.0 Å². The van der Waals surface area contributed by atoms with Gasteiger partial charge < -0.3 is 19.3 Å². The summed E-state index contributed by atoms with van der Waals surface area (Å²) in [5.74, 6) is 0.502. The van der Waals surface area contributed by atoms with Gasteiger partial charge in [0.15, 0.2) is 0 Å². The maximum atomic E-state index is 13.0. The summed E-state index contributed by atoms with van der Waals surface area (Å²) in [6, 6.07) is 3.39. The summed E-state index contributed by atoms with van der Waals surface area (Å²) in [6.45, 7) is 8.27. The molecular weight excluding hydrogens is 432 g/mol. The molecule has 0 atom stereocenters. The molecule has 0 bridgehead atoms. The van der Waals surface area contributed by atoms with E-state index in [9.17, 15) is 13.2 Å². The number of hydrogen-bond donors (Lipinski definition) is 0. The monoisotopic (exact) mass is 470 g/mol. The molecule has 10 heteroatoms. The van der Waals surface area contributed by atoms with Gasteiger partial charge in [0.2, 0.25) is 15.9 Å². The van der Waals surface area contributed by atoms with Gasteiger partial charge in [0.25, 0.3) is 0 Å². The summed E-state index contributed by atoms with van der Waals surface area (Å²) >= 11 is 0. The lowest BCUT2D eigenvalue weighted by Gasteiger charge is -2.35. The van der Waals surface area contributed by atoms with Crippen molar-refractivity contribution in [3.05, 3.63) is 23.3 Å². The first-order chi connectivity index (χ1) is 15.1. The normalized spacial score (nSPS) is 15.6. The average molecular weight is 471 g/mol. The van der Waals surface area contributed by atoms with Crippen molar-refractivity contribution in [1.29, 1.82) is 0 Å². The molecule has 1 amide bonds. The van der Waals surface area contributed by atoms with Crippen LogP contribution in [0.15, 0.2) is 17.0 Å². The molecule has 1 fully saturated rings. The van der Waals surface area contributed by atoms with Crippen LogP contribution in [0.3, 0.4) is 0 Å². The fourth-order valence-corrected chi connectivity index (χ4v) is 5.30. The van der Waals surface area contributed by atoms with Crippen molar-refractivity contribution in [1.82, 2.24) is 19.0 Å². The number of ether oxygens (including phenoxy) is 2. The number of rotatable bonds is 11. The van der Waals surface area contributed by atoms with Crippen LogP contribution < -0.4 is 4.74 Å². The van der Waals surface area contributed by atoms with Crippen molar-refractivity contribution in [3.8, 4) is 5.75 Å². The Morgan fingerprint density at radius 2 is 1.66 bits per heavy atom. The number of sulfonamides is 1. The predicted octanol–water partition coefficient (Wildman–Crippen LogP) is 1.00. The highest BCUT2D eigenvalue weighted by molar-refractivity contribution is 7.89. The highest BCUT2D eigenvalue weighted by Crippen LogP contribution is 2.27. The molecule has 0 saturated carbocycles. The van der Waals surface area contributed by atoms with Crippen LogP contribution >= 0.6 is 0 Å². The Hall–Kier alpha value is -1.72. The van der Waals surface area contributed by atoms with E-state index >= 15 is 0 Å². The molecule has 0 N–H and O–H groups in total. The van der Waals surface area contributed by atoms with Crippen LogP contribution in [-0.2, 0) is 19.6 Å². The van der Waals surface area contributed by atoms with E-state index in [2.05, 4.69) is 23.9 Å². The van der Waals surface area contributed by atoms with Crippen molar-refractivity contribution in [3.63, 3.8) is 0 Å². The Morgan fingerprint density at radius 3 is 2.19 bits per heavy atom. The first-order valence-electron chi connectivity index (χ1n) is 10.9. The molecule has 0 unspecified atom stereocenters. The molecule has 1 aromatic rings. The number of hydrogen-bond acceptors (Lipinski definition) is 7. The third kappa shape index (κ3) is 7.14. The van der Waals surface area contributed by atoms with E-state index in [0.29, 0.717) is 30.0 Å². The third-order valence-electron chi connectivity index (χ3n) is 5.64. The molecule has 0 radical (unpaired) electrons. The van der Waals surface area contributed by atoms with Gasteiger partial charge in [0, 0.05) is 33.2 Å². The number of benzene rings is 1. The number of amides is 1. The van der Waals surface area contributed by atoms with Gasteiger partial charge in [-0.2, -0.15) is 4.31 Å². The molecular formula is C22H38N4O5S. The Morgan fingerprint density at radius 1 is 1.06 bits per heavy atom. The maximum Gasteiger partial charge on any atom is 0.248 e. The molecule has 9 nitrogen and oxygen atoms in total. The lowest BCUT2D eigenvalue weighted by Crippen LogP contribution is -2.50. The molecule has 1 saturated heterocycles. The van der Waals surface area contributed by atoms with Crippen molar-refractivity contribution >= 4 is 15.9 Å². The molecule has 0 aliphatic carbocycles. The number of methoxy groups -OCH3 is 1. The van der Waals surface area contributed by atoms with Crippen LogP contribution in [-0.4, -0.2) is 114 Å². The van der Waals surface area contributed by atoms with Gasteiger partial charge in [0.05, 0.1) is 12.0 Å². The first kappa shape index (κ1) is 26.5. The van der Waals surface area contributed by atoms with Crippen molar-refractivity contribution in [2.45, 2.75) is 25.2 Å². The van der Waals surface area contributed by atoms with E-state index in [-0.39, 0.29) is 24.1 Å². The Bertz CT molecular complexity index is 844. The molecule has 1 aliphatic heterocycles. The largest absolute Gasteiger partial charge is 0.497 e. The molecule has 1 aliphatic rings. The Labute approximate surface area is 192 Å². The van der Waals surface area contributed by atoms with E-state index in [1.54, 1.807) is 38.0 Å². The molecule has 1 aromatic carbocycles. The molecule has 0 spiro atoms. The number of carbonyl (C=O) groups is 1. The van der Waals surface area contributed by atoms with Gasteiger partial charge in [0.1, 0.15) is 19.1 Å². The predicted molar refractivity (Wildman–Crippen MR) is 124 cm³/mol. The van der Waals surface area contributed by atoms with Gasteiger partial charge in [-0.3, -0.25) is 9.69 Å². The summed E-state index contributed by atoms with van der Waals surface area (Å²) in [4.78, 5) is 19.0. The minimum absolute atomic E-state index is 0.111. The molecule has 32 heavy (non-hydrogen) atoms. The highest BCUT2D eigenvalue weighted by Gasteiger charge is 2.26. The Balaban J connectivity index is 1.81. The molecule has 182 valence electrons. The lowest BCUT2D eigenvalue weighted by molar-refractivity contribution is -0.138. The standard InChI is InChI=1S/C22H38N4O5S/c1-18-14-20(30-6)15-19(2)22(18)32(28,29)24(5)17-31-16-21(27)26-12-10-25(11-13-26)9-7-8-23(3)4/h14-15H,7-13,16-17H2,1-6H3. The van der Waals surface area contributed by atoms with Crippen LogP contribution in [0.4, 0.5) is 0 Å². The van der Waals surface area contributed by atoms with Gasteiger partial charge in [-0.1, -0.05) is 0 Å². The lowest BCUT2D eigenvalue weighted by atomic mass is 10.1. The van der Waals surface area contributed by atoms with Crippen LogP contribution in [0, 0.1) is 13.8 Å². The van der Waals surface area contributed by atoms with Gasteiger partial charge in [-0.05, 0) is 70.7 Å². The van der Waals surface area contributed by atoms with Gasteiger partial charge in [-0.25, -0.2) is 8.42 Å². The van der Waals surface area contributed by atoms with E-state index in [4.69, 9.17) is 9.47 Å². The Kier molecular flexibility index (Phi) is 9.90. The summed E-state index contributed by atoms with van der Waals surface area (Å²) in [6.07, 6.45) is 1.11. The molecule has 1 heterocycles. The van der Waals surface area contributed by atoms with E-state index in [1.807, 2.05) is 0 Å². The second-order valence-corrected chi connectivity index (χ2v) is 10.5. The third-order valence-corrected chi connectivity index (χ3v) is 7.73. The second kappa shape index (κ2) is 11.9. The summed E-state index contributed by atoms with van der Waals surface area (Å²) in [5.41, 5.74) is 1.21. The van der Waals surface area contributed by atoms with Crippen molar-refractivity contribution < 1.29 is 22.7 Å². The van der Waals surface area contributed by atoms with Crippen LogP contribution in [0.5, 0.6) is 5.75 Å². The topological polar surface area (TPSA) is 82.6 Å². The van der Waals surface area contributed by atoms with Gasteiger partial charge in [-0.15, -0.1) is 0 Å². The minimum atomic E-state index is -3.75. The molecule has 0 aromatic heterocycles. The molecule has 2 rings (SSSR count). The zero-order valence-electron chi connectivity index (χ0n) is 20.3. The number of carbonyl (C=O) groups excluding carboxylic acids is 1. The summed E-state index contributed by atoms with van der Waals surface area (Å²) < 4.78 is 37.8. The minimum Gasteiger partial charge on any atom is -0.497 e. The number of nitrogens with zero attached hydrogens (tertiary/aromatic N) is 4. The van der Waals surface area contributed by atoms with Crippen LogP contribution in [0.2, 0.25) is 0 Å². The maximum absolute atomic E-state index is 13.0. The smallest absolute Gasteiger partial charge is 0.248 e. The van der Waals surface area contributed by atoms with Crippen molar-refractivity contribution in [2.24, 2.45) is 0 Å².